The molecule has 0 spiro atoms. The minimum atomic E-state index is -0.182. The number of nitrogens with one attached hydrogen (secondary N) is 1. The van der Waals surface area contributed by atoms with Crippen molar-refractivity contribution in [2.24, 2.45) is 0 Å². The Morgan fingerprint density at radius 3 is 2.52 bits per heavy atom. The van der Waals surface area contributed by atoms with Crippen molar-refractivity contribution >= 4 is 45.3 Å². The number of thiophene rings is 1. The number of hydrogen-bond donors (Lipinski definition) is 1. The van der Waals surface area contributed by atoms with Gasteiger partial charge in [-0.15, -0.1) is 22.7 Å². The number of amides is 1. The number of rotatable bonds is 4. The van der Waals surface area contributed by atoms with Crippen molar-refractivity contribution in [2.75, 3.05) is 5.32 Å². The van der Waals surface area contributed by atoms with E-state index in [4.69, 9.17) is 11.6 Å². The molecule has 0 aliphatic carbocycles. The highest BCUT2D eigenvalue weighted by molar-refractivity contribution is 7.18. The number of halogens is 1. The van der Waals surface area contributed by atoms with Crippen LogP contribution in [0.15, 0.2) is 41.8 Å². The summed E-state index contributed by atoms with van der Waals surface area (Å²) in [7, 11) is 0. The van der Waals surface area contributed by atoms with E-state index < -0.39 is 0 Å². The Morgan fingerprint density at radius 2 is 1.91 bits per heavy atom. The lowest BCUT2D eigenvalue weighted by atomic mass is 10.0. The van der Waals surface area contributed by atoms with Gasteiger partial charge in [0.2, 0.25) is 0 Å². The van der Waals surface area contributed by atoms with Gasteiger partial charge < -0.3 is 0 Å². The number of hydrogen-bond acceptors (Lipinski definition) is 4. The van der Waals surface area contributed by atoms with Gasteiger partial charge >= 0.3 is 0 Å². The number of carbonyl (C=O) groups is 1. The van der Waals surface area contributed by atoms with Crippen molar-refractivity contribution in [3.63, 3.8) is 0 Å². The molecule has 3 nitrogen and oxygen atoms in total. The fourth-order valence-corrected chi connectivity index (χ4v) is 3.75. The Bertz CT molecular complexity index is 821. The summed E-state index contributed by atoms with van der Waals surface area (Å²) in [6, 6.07) is 11.8. The maximum Gasteiger partial charge on any atom is 0.267 e. The highest BCUT2D eigenvalue weighted by Gasteiger charge is 2.12. The maximum atomic E-state index is 12.1. The molecule has 0 fully saturated rings. The summed E-state index contributed by atoms with van der Waals surface area (Å²) >= 11 is 8.52. The first-order valence-electron chi connectivity index (χ1n) is 7.15. The van der Waals surface area contributed by atoms with Crippen LogP contribution in [0.5, 0.6) is 0 Å². The van der Waals surface area contributed by atoms with Gasteiger partial charge in [0.25, 0.3) is 5.91 Å². The molecular weight excluding hydrogens is 348 g/mol. The molecule has 23 heavy (non-hydrogen) atoms. The van der Waals surface area contributed by atoms with Crippen LogP contribution in [0, 0.1) is 0 Å². The van der Waals surface area contributed by atoms with Crippen LogP contribution < -0.4 is 5.32 Å². The maximum absolute atomic E-state index is 12.1. The number of anilines is 1. The molecule has 1 amide bonds. The normalized spacial score (nSPS) is 11.0. The van der Waals surface area contributed by atoms with Crippen LogP contribution >= 0.6 is 34.3 Å². The van der Waals surface area contributed by atoms with E-state index >= 15 is 0 Å². The summed E-state index contributed by atoms with van der Waals surface area (Å²) in [5.41, 5.74) is 3.21. The quantitative estimate of drug-likeness (QED) is 0.627. The second-order valence-corrected chi connectivity index (χ2v) is 7.95. The third-order valence-electron chi connectivity index (χ3n) is 3.39. The van der Waals surface area contributed by atoms with Gasteiger partial charge in [0.05, 0.1) is 14.9 Å². The van der Waals surface area contributed by atoms with Crippen molar-refractivity contribution in [3.05, 3.63) is 56.6 Å². The van der Waals surface area contributed by atoms with Crippen LogP contribution in [0.3, 0.4) is 0 Å². The molecule has 3 aromatic rings. The molecule has 6 heteroatoms. The van der Waals surface area contributed by atoms with E-state index in [-0.39, 0.29) is 5.91 Å². The van der Waals surface area contributed by atoms with E-state index in [0.717, 1.165) is 11.3 Å². The number of benzene rings is 1. The minimum absolute atomic E-state index is 0.182. The molecule has 2 aromatic heterocycles. The van der Waals surface area contributed by atoms with Gasteiger partial charge in [0.15, 0.2) is 5.13 Å². The summed E-state index contributed by atoms with van der Waals surface area (Å²) < 4.78 is 0.597. The van der Waals surface area contributed by atoms with Gasteiger partial charge in [0.1, 0.15) is 0 Å². The third-order valence-corrected chi connectivity index (χ3v) is 5.38. The summed E-state index contributed by atoms with van der Waals surface area (Å²) in [6.07, 6.45) is 0. The molecule has 1 N–H and O–H groups in total. The Morgan fingerprint density at radius 1 is 1.17 bits per heavy atom. The minimum Gasteiger partial charge on any atom is -0.297 e. The van der Waals surface area contributed by atoms with E-state index in [9.17, 15) is 4.79 Å². The van der Waals surface area contributed by atoms with Crippen LogP contribution in [0.1, 0.15) is 35.0 Å². The van der Waals surface area contributed by atoms with Gasteiger partial charge in [-0.1, -0.05) is 49.7 Å². The van der Waals surface area contributed by atoms with Crippen LogP contribution in [0.4, 0.5) is 5.13 Å². The van der Waals surface area contributed by atoms with Crippen molar-refractivity contribution in [3.8, 4) is 11.3 Å². The Kier molecular flexibility index (Phi) is 4.80. The van der Waals surface area contributed by atoms with Crippen LogP contribution in [0.2, 0.25) is 4.34 Å². The first kappa shape index (κ1) is 16.2. The third kappa shape index (κ3) is 3.80. The molecule has 0 aliphatic rings. The molecule has 1 aromatic carbocycles. The molecule has 0 saturated heterocycles. The van der Waals surface area contributed by atoms with Crippen LogP contribution in [-0.2, 0) is 0 Å². The lowest BCUT2D eigenvalue weighted by molar-refractivity contribution is 0.103. The van der Waals surface area contributed by atoms with Gasteiger partial charge in [-0.2, -0.15) is 0 Å². The van der Waals surface area contributed by atoms with Gasteiger partial charge in [-0.05, 0) is 23.6 Å². The molecule has 3 rings (SSSR count). The van der Waals surface area contributed by atoms with Crippen molar-refractivity contribution in [1.82, 2.24) is 4.98 Å². The number of nitrogens with zero attached hydrogens (tertiary/aromatic N) is 1. The van der Waals surface area contributed by atoms with Gasteiger partial charge in [-0.25, -0.2) is 4.98 Å². The zero-order chi connectivity index (χ0) is 16.4. The molecule has 0 radical (unpaired) electrons. The van der Waals surface area contributed by atoms with E-state index in [1.54, 1.807) is 12.1 Å². The second-order valence-electron chi connectivity index (χ2n) is 5.37. The largest absolute Gasteiger partial charge is 0.297 e. The predicted molar refractivity (Wildman–Crippen MR) is 98.9 cm³/mol. The van der Waals surface area contributed by atoms with Crippen LogP contribution in [-0.4, -0.2) is 10.9 Å². The van der Waals surface area contributed by atoms with Crippen LogP contribution in [0.25, 0.3) is 11.3 Å². The Labute approximate surface area is 148 Å². The average Bonchev–Trinajstić information content (AvgIpc) is 3.16. The zero-order valence-electron chi connectivity index (χ0n) is 12.7. The molecule has 0 unspecified atom stereocenters. The molecule has 2 heterocycles. The SMILES string of the molecule is CC(C)c1ccc(-c2csc(NC(=O)c3ccc(Cl)s3)n2)cc1. The number of aromatic nitrogens is 1. The first-order valence-corrected chi connectivity index (χ1v) is 9.23. The van der Waals surface area contributed by atoms with Gasteiger partial charge in [-0.3, -0.25) is 10.1 Å². The first-order chi connectivity index (χ1) is 11.0. The highest BCUT2D eigenvalue weighted by Crippen LogP contribution is 2.28. The lowest BCUT2D eigenvalue weighted by Gasteiger charge is -2.05. The van der Waals surface area contributed by atoms with Gasteiger partial charge in [0, 0.05) is 10.9 Å². The van der Waals surface area contributed by atoms with Crippen molar-refractivity contribution in [2.45, 2.75) is 19.8 Å². The molecule has 0 bridgehead atoms. The fourth-order valence-electron chi connectivity index (χ4n) is 2.10. The average molecular weight is 363 g/mol. The summed E-state index contributed by atoms with van der Waals surface area (Å²) in [5, 5.41) is 5.34. The standard InChI is InChI=1S/C17H15ClN2OS2/c1-10(2)11-3-5-12(6-4-11)13-9-22-17(19-13)20-16(21)14-7-8-15(18)23-14/h3-10H,1-2H3,(H,19,20,21). The topological polar surface area (TPSA) is 42.0 Å². The van der Waals surface area contributed by atoms with E-state index in [0.29, 0.717) is 20.3 Å². The Hall–Kier alpha value is -1.69. The lowest BCUT2D eigenvalue weighted by Crippen LogP contribution is -2.09. The Balaban J connectivity index is 1.74. The molecule has 118 valence electrons. The van der Waals surface area contributed by atoms with E-state index in [1.165, 1.54) is 28.2 Å². The van der Waals surface area contributed by atoms with Crippen molar-refractivity contribution < 1.29 is 4.79 Å². The van der Waals surface area contributed by atoms with E-state index in [1.807, 2.05) is 5.38 Å². The molecule has 0 saturated carbocycles. The highest BCUT2D eigenvalue weighted by atomic mass is 35.5. The fraction of sp³-hybridized carbons (Fsp3) is 0.176. The molecular formula is C17H15ClN2OS2. The number of carbonyl (C=O) groups excluding carboxylic acids is 1. The monoisotopic (exact) mass is 362 g/mol. The predicted octanol–water partition coefficient (Wildman–Crippen LogP) is 5.90. The molecule has 0 aliphatic heterocycles. The number of thiazole rings is 1. The second kappa shape index (κ2) is 6.83. The van der Waals surface area contributed by atoms with E-state index in [2.05, 4.69) is 48.4 Å². The van der Waals surface area contributed by atoms with Crippen molar-refractivity contribution in [1.29, 1.82) is 0 Å². The summed E-state index contributed by atoms with van der Waals surface area (Å²) in [5.74, 6) is 0.324. The zero-order valence-corrected chi connectivity index (χ0v) is 15.1. The summed E-state index contributed by atoms with van der Waals surface area (Å²) in [4.78, 5) is 17.2. The summed E-state index contributed by atoms with van der Waals surface area (Å²) in [6.45, 7) is 4.34. The molecule has 0 atom stereocenters. The smallest absolute Gasteiger partial charge is 0.267 e.